The zero-order chi connectivity index (χ0) is 15.1. The Morgan fingerprint density at radius 3 is 2.70 bits per heavy atom. The number of nitrogens with two attached hydrogens (primary N) is 1. The Morgan fingerprint density at radius 2 is 2.10 bits per heavy atom. The highest BCUT2D eigenvalue weighted by atomic mass is 35.5. The van der Waals surface area contributed by atoms with Gasteiger partial charge in [-0.1, -0.05) is 11.6 Å². The third-order valence-electron chi connectivity index (χ3n) is 3.41. The van der Waals surface area contributed by atoms with Gasteiger partial charge in [-0.2, -0.15) is 4.31 Å². The van der Waals surface area contributed by atoms with Crippen molar-refractivity contribution in [2.24, 2.45) is 0 Å². The third-order valence-corrected chi connectivity index (χ3v) is 5.75. The molecule has 1 aliphatic heterocycles. The van der Waals surface area contributed by atoms with Crippen molar-refractivity contribution in [2.45, 2.75) is 24.8 Å². The van der Waals surface area contributed by atoms with Gasteiger partial charge in [0.25, 0.3) is 0 Å². The van der Waals surface area contributed by atoms with Crippen LogP contribution in [0.3, 0.4) is 0 Å². The number of rotatable bonds is 2. The Morgan fingerprint density at radius 1 is 1.45 bits per heavy atom. The van der Waals surface area contributed by atoms with Crippen molar-refractivity contribution < 1.29 is 13.2 Å². The number of amides is 1. The van der Waals surface area contributed by atoms with Crippen molar-refractivity contribution in [1.82, 2.24) is 9.62 Å². The van der Waals surface area contributed by atoms with Crippen LogP contribution in [0.4, 0.5) is 5.69 Å². The van der Waals surface area contributed by atoms with Gasteiger partial charge < -0.3 is 11.1 Å². The van der Waals surface area contributed by atoms with Crippen LogP contribution in [0.25, 0.3) is 0 Å². The Hall–Kier alpha value is -1.31. The first kappa shape index (κ1) is 15.1. The minimum absolute atomic E-state index is 0.00662. The van der Waals surface area contributed by atoms with Crippen molar-refractivity contribution in [2.75, 3.05) is 18.8 Å². The normalized spacial score (nSPS) is 20.8. The van der Waals surface area contributed by atoms with Gasteiger partial charge in [-0.3, -0.25) is 4.79 Å². The molecule has 0 aromatic heterocycles. The number of hydrogen-bond donors (Lipinski definition) is 2. The van der Waals surface area contributed by atoms with E-state index in [9.17, 15) is 13.2 Å². The van der Waals surface area contributed by atoms with Crippen LogP contribution in [0, 0.1) is 6.92 Å². The van der Waals surface area contributed by atoms with Gasteiger partial charge >= 0.3 is 0 Å². The molecule has 6 nitrogen and oxygen atoms in total. The third kappa shape index (κ3) is 2.48. The fourth-order valence-electron chi connectivity index (χ4n) is 2.05. The quantitative estimate of drug-likeness (QED) is 0.787. The summed E-state index contributed by atoms with van der Waals surface area (Å²) in [5.74, 6) is -0.314. The number of sulfonamides is 1. The molecule has 1 saturated heterocycles. The number of nitrogen functional groups attached to an aromatic ring is 1. The van der Waals surface area contributed by atoms with E-state index in [2.05, 4.69) is 5.32 Å². The molecule has 8 heteroatoms. The molecule has 1 fully saturated rings. The molecular weight excluding hydrogens is 302 g/mol. The maximum Gasteiger partial charge on any atom is 0.243 e. The summed E-state index contributed by atoms with van der Waals surface area (Å²) >= 11 is 5.99. The summed E-state index contributed by atoms with van der Waals surface area (Å²) in [7, 11) is -3.80. The number of piperazine rings is 1. The molecule has 1 unspecified atom stereocenters. The number of nitrogens with one attached hydrogen (secondary N) is 1. The summed E-state index contributed by atoms with van der Waals surface area (Å²) in [6.07, 6.45) is 0. The van der Waals surface area contributed by atoms with E-state index in [0.717, 1.165) is 4.31 Å². The van der Waals surface area contributed by atoms with Gasteiger partial charge in [0.05, 0.1) is 4.90 Å². The lowest BCUT2D eigenvalue weighted by Gasteiger charge is -2.31. The average Bonchev–Trinajstić information content (AvgIpc) is 2.38. The summed E-state index contributed by atoms with van der Waals surface area (Å²) in [6.45, 7) is 3.77. The fourth-order valence-corrected chi connectivity index (χ4v) is 4.00. The monoisotopic (exact) mass is 317 g/mol. The first-order chi connectivity index (χ1) is 9.25. The van der Waals surface area contributed by atoms with Gasteiger partial charge in [0, 0.05) is 23.8 Å². The molecule has 20 heavy (non-hydrogen) atoms. The average molecular weight is 318 g/mol. The summed E-state index contributed by atoms with van der Waals surface area (Å²) < 4.78 is 26.3. The first-order valence-electron chi connectivity index (χ1n) is 6.10. The van der Waals surface area contributed by atoms with Gasteiger partial charge in [-0.15, -0.1) is 0 Å². The van der Waals surface area contributed by atoms with Crippen molar-refractivity contribution >= 4 is 33.2 Å². The SMILES string of the molecule is Cc1c(N)cc(S(=O)(=O)N2CCNC(=O)C2C)cc1Cl. The van der Waals surface area contributed by atoms with Crippen LogP contribution in [0.15, 0.2) is 17.0 Å². The van der Waals surface area contributed by atoms with Crippen molar-refractivity contribution in [1.29, 1.82) is 0 Å². The largest absolute Gasteiger partial charge is 0.398 e. The van der Waals surface area contributed by atoms with E-state index in [0.29, 0.717) is 11.3 Å². The molecule has 1 atom stereocenters. The van der Waals surface area contributed by atoms with Gasteiger partial charge in [-0.25, -0.2) is 8.42 Å². The molecule has 0 aliphatic carbocycles. The van der Waals surface area contributed by atoms with E-state index in [-0.39, 0.29) is 28.9 Å². The topological polar surface area (TPSA) is 92.5 Å². The second-order valence-electron chi connectivity index (χ2n) is 4.70. The second-order valence-corrected chi connectivity index (χ2v) is 7.00. The molecule has 0 spiro atoms. The first-order valence-corrected chi connectivity index (χ1v) is 7.92. The standard InChI is InChI=1S/C12H16ClN3O3S/c1-7-10(13)5-9(6-11(7)14)20(18,19)16-4-3-15-12(17)8(16)2/h5-6,8H,3-4,14H2,1-2H3,(H,15,17). The van der Waals surface area contributed by atoms with Crippen LogP contribution in [0.1, 0.15) is 12.5 Å². The Kier molecular flexibility index (Phi) is 3.95. The molecule has 3 N–H and O–H groups in total. The molecule has 2 rings (SSSR count). The van der Waals surface area contributed by atoms with Gasteiger partial charge in [0.1, 0.15) is 6.04 Å². The summed E-state index contributed by atoms with van der Waals surface area (Å²) in [5, 5.41) is 2.91. The molecule has 1 amide bonds. The maximum absolute atomic E-state index is 12.6. The molecule has 1 heterocycles. The highest BCUT2D eigenvalue weighted by Crippen LogP contribution is 2.28. The number of hydrogen-bond acceptors (Lipinski definition) is 4. The molecule has 0 saturated carbocycles. The van der Waals surface area contributed by atoms with Crippen molar-refractivity contribution in [3.05, 3.63) is 22.7 Å². The smallest absolute Gasteiger partial charge is 0.243 e. The van der Waals surface area contributed by atoms with Crippen LogP contribution in [-0.2, 0) is 14.8 Å². The minimum Gasteiger partial charge on any atom is -0.398 e. The number of halogens is 1. The zero-order valence-electron chi connectivity index (χ0n) is 11.2. The fraction of sp³-hybridized carbons (Fsp3) is 0.417. The predicted octanol–water partition coefficient (Wildman–Crippen LogP) is 0.740. The number of carbonyl (C=O) groups excluding carboxylic acids is 1. The summed E-state index contributed by atoms with van der Waals surface area (Å²) in [5.41, 5.74) is 6.71. The summed E-state index contributed by atoms with van der Waals surface area (Å²) in [4.78, 5) is 11.6. The Bertz CT molecular complexity index is 637. The van der Waals surface area contributed by atoms with Crippen LogP contribution >= 0.6 is 11.6 Å². The van der Waals surface area contributed by atoms with Crippen LogP contribution < -0.4 is 11.1 Å². The van der Waals surface area contributed by atoms with E-state index in [1.54, 1.807) is 13.8 Å². The number of benzene rings is 1. The Balaban J connectivity index is 2.47. The zero-order valence-corrected chi connectivity index (χ0v) is 12.8. The molecule has 1 aliphatic rings. The van der Waals surface area contributed by atoms with Gasteiger partial charge in [-0.05, 0) is 31.5 Å². The molecule has 0 radical (unpaired) electrons. The number of nitrogens with zero attached hydrogens (tertiary/aromatic N) is 1. The highest BCUT2D eigenvalue weighted by Gasteiger charge is 2.35. The number of anilines is 1. The second kappa shape index (κ2) is 5.23. The Labute approximate surface area is 122 Å². The molecule has 1 aromatic rings. The summed E-state index contributed by atoms with van der Waals surface area (Å²) in [6, 6.07) is 1.98. The van der Waals surface area contributed by atoms with Gasteiger partial charge in [0.15, 0.2) is 0 Å². The van der Waals surface area contributed by atoms with Crippen LogP contribution in [-0.4, -0.2) is 37.8 Å². The van der Waals surface area contributed by atoms with E-state index in [1.165, 1.54) is 12.1 Å². The lowest BCUT2D eigenvalue weighted by molar-refractivity contribution is -0.126. The minimum atomic E-state index is -3.80. The lowest BCUT2D eigenvalue weighted by Crippen LogP contribution is -2.55. The van der Waals surface area contributed by atoms with E-state index < -0.39 is 16.1 Å². The lowest BCUT2D eigenvalue weighted by atomic mass is 10.2. The van der Waals surface area contributed by atoms with Crippen molar-refractivity contribution in [3.8, 4) is 0 Å². The van der Waals surface area contributed by atoms with E-state index in [4.69, 9.17) is 17.3 Å². The predicted molar refractivity (Wildman–Crippen MR) is 77.0 cm³/mol. The number of carbonyl (C=O) groups is 1. The van der Waals surface area contributed by atoms with Gasteiger partial charge in [0.2, 0.25) is 15.9 Å². The van der Waals surface area contributed by atoms with Crippen LogP contribution in [0.2, 0.25) is 5.02 Å². The molecular formula is C12H16ClN3O3S. The molecule has 110 valence electrons. The molecule has 0 bridgehead atoms. The van der Waals surface area contributed by atoms with E-state index >= 15 is 0 Å². The van der Waals surface area contributed by atoms with Crippen molar-refractivity contribution in [3.63, 3.8) is 0 Å². The maximum atomic E-state index is 12.6. The molecule has 1 aromatic carbocycles. The van der Waals surface area contributed by atoms with Crippen LogP contribution in [0.5, 0.6) is 0 Å². The highest BCUT2D eigenvalue weighted by molar-refractivity contribution is 7.89. The van der Waals surface area contributed by atoms with E-state index in [1.807, 2.05) is 0 Å².